The zero-order valence-electron chi connectivity index (χ0n) is 11.1. The fourth-order valence-electron chi connectivity index (χ4n) is 2.59. The summed E-state index contributed by atoms with van der Waals surface area (Å²) in [4.78, 5) is 13.8. The Balaban J connectivity index is 2.29. The summed E-state index contributed by atoms with van der Waals surface area (Å²) in [5.74, 6) is 0.117. The molecule has 1 aliphatic heterocycles. The van der Waals surface area contributed by atoms with E-state index in [0.29, 0.717) is 6.04 Å². The first-order chi connectivity index (χ1) is 8.59. The van der Waals surface area contributed by atoms with Crippen LogP contribution in [-0.2, 0) is 0 Å². The molecule has 0 spiro atoms. The Kier molecular flexibility index (Phi) is 4.44. The summed E-state index contributed by atoms with van der Waals surface area (Å²) in [7, 11) is 0. The Morgan fingerprint density at radius 1 is 1.33 bits per heavy atom. The topological polar surface area (TPSA) is 20.3 Å². The van der Waals surface area contributed by atoms with Gasteiger partial charge in [-0.2, -0.15) is 0 Å². The molecule has 18 heavy (non-hydrogen) atoms. The predicted molar refractivity (Wildman–Crippen MR) is 79.4 cm³/mol. The molecule has 1 fully saturated rings. The Hall–Kier alpha value is -0.830. The van der Waals surface area contributed by atoms with Crippen LogP contribution in [0.3, 0.4) is 0 Å². The lowest BCUT2D eigenvalue weighted by Gasteiger charge is -2.30. The maximum atomic E-state index is 11.4. The molecule has 1 saturated heterocycles. The molecule has 1 unspecified atom stereocenters. The van der Waals surface area contributed by atoms with E-state index >= 15 is 0 Å². The van der Waals surface area contributed by atoms with Gasteiger partial charge in [0.1, 0.15) is 0 Å². The minimum atomic E-state index is 0.117. The Bertz CT molecular complexity index is 444. The van der Waals surface area contributed by atoms with Crippen molar-refractivity contribution in [3.63, 3.8) is 0 Å². The van der Waals surface area contributed by atoms with Gasteiger partial charge in [0.25, 0.3) is 0 Å². The van der Waals surface area contributed by atoms with E-state index in [1.165, 1.54) is 31.4 Å². The van der Waals surface area contributed by atoms with E-state index in [-0.39, 0.29) is 5.78 Å². The van der Waals surface area contributed by atoms with Crippen molar-refractivity contribution < 1.29 is 4.79 Å². The molecule has 1 heterocycles. The normalized spacial score (nSPS) is 20.6. The van der Waals surface area contributed by atoms with Crippen LogP contribution in [0.1, 0.15) is 49.9 Å². The number of halogens is 1. The van der Waals surface area contributed by atoms with Gasteiger partial charge in [0.2, 0.25) is 0 Å². The number of carbonyl (C=O) groups excluding carboxylic acids is 1. The molecule has 0 aromatic heterocycles. The number of anilines is 1. The summed E-state index contributed by atoms with van der Waals surface area (Å²) in [5, 5.41) is 0. The quantitative estimate of drug-likeness (QED) is 0.754. The SMILES string of the molecule is CC(=O)c1ccc(N2CCCCCC2C)c(Br)c1. The van der Waals surface area contributed by atoms with Crippen LogP contribution in [0.15, 0.2) is 22.7 Å². The van der Waals surface area contributed by atoms with Gasteiger partial charge in [-0.05, 0) is 60.8 Å². The summed E-state index contributed by atoms with van der Waals surface area (Å²) < 4.78 is 1.03. The molecular weight excluding hydrogens is 290 g/mol. The molecule has 2 nitrogen and oxygen atoms in total. The smallest absolute Gasteiger partial charge is 0.159 e. The van der Waals surface area contributed by atoms with Crippen molar-refractivity contribution in [3.8, 4) is 0 Å². The standard InChI is InChI=1S/C15H20BrNO/c1-11-6-4-3-5-9-17(11)15-8-7-13(12(2)18)10-14(15)16/h7-8,10-11H,3-6,9H2,1-2H3. The largest absolute Gasteiger partial charge is 0.368 e. The molecule has 3 heteroatoms. The lowest BCUT2D eigenvalue weighted by atomic mass is 10.1. The Labute approximate surface area is 117 Å². The monoisotopic (exact) mass is 309 g/mol. The first kappa shape index (κ1) is 13.6. The van der Waals surface area contributed by atoms with Crippen LogP contribution in [0.2, 0.25) is 0 Å². The number of carbonyl (C=O) groups is 1. The van der Waals surface area contributed by atoms with Gasteiger partial charge in [-0.1, -0.05) is 12.8 Å². The molecule has 0 bridgehead atoms. The molecular formula is C15H20BrNO. The minimum absolute atomic E-state index is 0.117. The second-order valence-corrected chi connectivity index (χ2v) is 5.97. The average molecular weight is 310 g/mol. The molecule has 1 aromatic rings. The number of benzene rings is 1. The zero-order valence-corrected chi connectivity index (χ0v) is 12.7. The molecule has 1 atom stereocenters. The molecule has 98 valence electrons. The Morgan fingerprint density at radius 3 is 2.78 bits per heavy atom. The third kappa shape index (κ3) is 2.94. The van der Waals surface area contributed by atoms with Gasteiger partial charge in [-0.15, -0.1) is 0 Å². The van der Waals surface area contributed by atoms with Crippen LogP contribution < -0.4 is 4.90 Å². The number of hydrogen-bond donors (Lipinski definition) is 0. The second-order valence-electron chi connectivity index (χ2n) is 5.11. The first-order valence-corrected chi connectivity index (χ1v) is 7.46. The van der Waals surface area contributed by atoms with E-state index in [2.05, 4.69) is 33.8 Å². The molecule has 0 radical (unpaired) electrons. The van der Waals surface area contributed by atoms with Crippen LogP contribution in [0, 0.1) is 0 Å². The number of rotatable bonds is 2. The van der Waals surface area contributed by atoms with E-state index in [0.717, 1.165) is 16.6 Å². The Morgan fingerprint density at radius 2 is 2.11 bits per heavy atom. The lowest BCUT2D eigenvalue weighted by Crippen LogP contribution is -2.32. The summed E-state index contributed by atoms with van der Waals surface area (Å²) in [6.45, 7) is 5.01. The van der Waals surface area contributed by atoms with Gasteiger partial charge >= 0.3 is 0 Å². The van der Waals surface area contributed by atoms with E-state index in [4.69, 9.17) is 0 Å². The molecule has 1 aliphatic rings. The highest BCUT2D eigenvalue weighted by Crippen LogP contribution is 2.31. The predicted octanol–water partition coefficient (Wildman–Crippen LogP) is 4.42. The van der Waals surface area contributed by atoms with Crippen LogP contribution in [0.4, 0.5) is 5.69 Å². The maximum absolute atomic E-state index is 11.4. The van der Waals surface area contributed by atoms with Crippen LogP contribution in [0.5, 0.6) is 0 Å². The third-order valence-electron chi connectivity index (χ3n) is 3.72. The average Bonchev–Trinajstić information content (AvgIpc) is 2.54. The number of hydrogen-bond acceptors (Lipinski definition) is 2. The van der Waals surface area contributed by atoms with Gasteiger partial charge < -0.3 is 4.90 Å². The van der Waals surface area contributed by atoms with Crippen LogP contribution >= 0.6 is 15.9 Å². The summed E-state index contributed by atoms with van der Waals surface area (Å²) in [6, 6.07) is 6.52. The van der Waals surface area contributed by atoms with E-state index in [9.17, 15) is 4.79 Å². The van der Waals surface area contributed by atoms with Crippen molar-refractivity contribution in [3.05, 3.63) is 28.2 Å². The molecule has 0 N–H and O–H groups in total. The summed E-state index contributed by atoms with van der Waals surface area (Å²) >= 11 is 3.61. The summed E-state index contributed by atoms with van der Waals surface area (Å²) in [5.41, 5.74) is 1.99. The van der Waals surface area contributed by atoms with E-state index in [1.807, 2.05) is 12.1 Å². The highest BCUT2D eigenvalue weighted by atomic mass is 79.9. The number of ketones is 1. The van der Waals surface area contributed by atoms with Crippen molar-refractivity contribution in [2.24, 2.45) is 0 Å². The molecule has 0 saturated carbocycles. The van der Waals surface area contributed by atoms with Gasteiger partial charge in [-0.25, -0.2) is 0 Å². The fraction of sp³-hybridized carbons (Fsp3) is 0.533. The first-order valence-electron chi connectivity index (χ1n) is 6.66. The lowest BCUT2D eigenvalue weighted by molar-refractivity contribution is 0.101. The van der Waals surface area contributed by atoms with Crippen molar-refractivity contribution >= 4 is 27.4 Å². The van der Waals surface area contributed by atoms with E-state index < -0.39 is 0 Å². The van der Waals surface area contributed by atoms with Crippen molar-refractivity contribution in [2.75, 3.05) is 11.4 Å². The fourth-order valence-corrected chi connectivity index (χ4v) is 3.20. The van der Waals surface area contributed by atoms with Crippen LogP contribution in [0.25, 0.3) is 0 Å². The second kappa shape index (κ2) is 5.87. The summed E-state index contributed by atoms with van der Waals surface area (Å²) in [6.07, 6.45) is 5.15. The van der Waals surface area contributed by atoms with Crippen molar-refractivity contribution in [2.45, 2.75) is 45.6 Å². The van der Waals surface area contributed by atoms with E-state index in [1.54, 1.807) is 6.92 Å². The van der Waals surface area contributed by atoms with Gasteiger partial charge in [0.15, 0.2) is 5.78 Å². The third-order valence-corrected chi connectivity index (χ3v) is 4.35. The maximum Gasteiger partial charge on any atom is 0.159 e. The molecule has 0 aliphatic carbocycles. The van der Waals surface area contributed by atoms with Gasteiger partial charge in [0, 0.05) is 22.6 Å². The molecule has 0 amide bonds. The minimum Gasteiger partial charge on any atom is -0.368 e. The van der Waals surface area contributed by atoms with Crippen molar-refractivity contribution in [1.82, 2.24) is 0 Å². The molecule has 2 rings (SSSR count). The number of Topliss-reactive ketones (excluding diaryl/α,β-unsaturated/α-hetero) is 1. The highest BCUT2D eigenvalue weighted by Gasteiger charge is 2.19. The van der Waals surface area contributed by atoms with Crippen LogP contribution in [-0.4, -0.2) is 18.4 Å². The van der Waals surface area contributed by atoms with Gasteiger partial charge in [0.05, 0.1) is 5.69 Å². The zero-order chi connectivity index (χ0) is 13.1. The molecule has 1 aromatic carbocycles. The van der Waals surface area contributed by atoms with Crippen molar-refractivity contribution in [1.29, 1.82) is 0 Å². The highest BCUT2D eigenvalue weighted by molar-refractivity contribution is 9.10. The van der Waals surface area contributed by atoms with Gasteiger partial charge in [-0.3, -0.25) is 4.79 Å². The number of nitrogens with zero attached hydrogens (tertiary/aromatic N) is 1.